The minimum absolute atomic E-state index is 0.0914. The molecule has 0 atom stereocenters. The highest BCUT2D eigenvalue weighted by atomic mass is 16.7. The van der Waals surface area contributed by atoms with E-state index in [1.54, 1.807) is 0 Å². The van der Waals surface area contributed by atoms with Crippen molar-refractivity contribution in [2.75, 3.05) is 35.4 Å². The van der Waals surface area contributed by atoms with E-state index in [0.29, 0.717) is 11.5 Å². The molecule has 2 N–H and O–H groups in total. The van der Waals surface area contributed by atoms with E-state index in [0.717, 1.165) is 47.5 Å². The van der Waals surface area contributed by atoms with Gasteiger partial charge in [0.2, 0.25) is 18.6 Å². The lowest BCUT2D eigenvalue weighted by molar-refractivity contribution is -0.115. The molecular formula is C24H25N5O3. The summed E-state index contributed by atoms with van der Waals surface area (Å²) in [6.07, 6.45) is 2.62. The fourth-order valence-electron chi connectivity index (χ4n) is 3.90. The molecule has 1 saturated heterocycles. The highest BCUT2D eigenvalue weighted by molar-refractivity contribution is 5.92. The minimum Gasteiger partial charge on any atom is -0.454 e. The normalized spacial score (nSPS) is 14.5. The monoisotopic (exact) mass is 431 g/mol. The number of fused-ring (bicyclic) bond motifs is 1. The van der Waals surface area contributed by atoms with Gasteiger partial charge in [-0.1, -0.05) is 6.07 Å². The Morgan fingerprint density at radius 2 is 1.72 bits per heavy atom. The predicted octanol–water partition coefficient (Wildman–Crippen LogP) is 4.04. The molecule has 1 amide bonds. The van der Waals surface area contributed by atoms with Crippen molar-refractivity contribution in [1.82, 2.24) is 9.97 Å². The van der Waals surface area contributed by atoms with Crippen molar-refractivity contribution in [3.63, 3.8) is 0 Å². The molecule has 164 valence electrons. The van der Waals surface area contributed by atoms with Gasteiger partial charge in [0.15, 0.2) is 11.5 Å². The van der Waals surface area contributed by atoms with E-state index in [1.807, 2.05) is 55.5 Å². The molecule has 8 nitrogen and oxygen atoms in total. The number of carbonyl (C=O) groups is 1. The van der Waals surface area contributed by atoms with Crippen molar-refractivity contribution in [3.8, 4) is 11.5 Å². The first-order chi connectivity index (χ1) is 15.6. The molecule has 0 bridgehead atoms. The molecule has 32 heavy (non-hydrogen) atoms. The third-order valence-corrected chi connectivity index (χ3v) is 5.47. The molecule has 5 rings (SSSR count). The number of ether oxygens (including phenoxy) is 2. The van der Waals surface area contributed by atoms with Gasteiger partial charge in [-0.15, -0.1) is 0 Å². The Kier molecular flexibility index (Phi) is 5.49. The van der Waals surface area contributed by atoms with Gasteiger partial charge < -0.3 is 25.0 Å². The Morgan fingerprint density at radius 3 is 2.53 bits per heavy atom. The quantitative estimate of drug-likeness (QED) is 0.609. The summed E-state index contributed by atoms with van der Waals surface area (Å²) in [6.45, 7) is 4.21. The van der Waals surface area contributed by atoms with Gasteiger partial charge in [-0.2, -0.15) is 4.98 Å². The second kappa shape index (κ2) is 8.74. The number of amides is 1. The third-order valence-electron chi connectivity index (χ3n) is 5.47. The summed E-state index contributed by atoms with van der Waals surface area (Å²) in [5.74, 6) is 2.84. The van der Waals surface area contributed by atoms with E-state index in [2.05, 4.69) is 25.5 Å². The molecule has 8 heteroatoms. The highest BCUT2D eigenvalue weighted by Gasteiger charge is 2.16. The van der Waals surface area contributed by atoms with Crippen LogP contribution in [0.15, 0.2) is 48.5 Å². The van der Waals surface area contributed by atoms with Crippen molar-refractivity contribution in [3.05, 3.63) is 59.8 Å². The van der Waals surface area contributed by atoms with Crippen LogP contribution >= 0.6 is 0 Å². The SMILES string of the molecule is Cc1cc(Nc2ccc(NC(=O)Cc3ccc4c(c3)OCO4)cc2)nc(N2CCCC2)n1. The average molecular weight is 431 g/mol. The van der Waals surface area contributed by atoms with Gasteiger partial charge in [0.05, 0.1) is 6.42 Å². The zero-order chi connectivity index (χ0) is 21.9. The summed E-state index contributed by atoms with van der Waals surface area (Å²) in [5.41, 5.74) is 3.43. The number of nitrogens with zero attached hydrogens (tertiary/aromatic N) is 3. The number of aromatic nitrogens is 2. The molecule has 0 aliphatic carbocycles. The number of nitrogens with one attached hydrogen (secondary N) is 2. The zero-order valence-electron chi connectivity index (χ0n) is 17.9. The number of hydrogen-bond acceptors (Lipinski definition) is 7. The first-order valence-corrected chi connectivity index (χ1v) is 10.8. The summed E-state index contributed by atoms with van der Waals surface area (Å²) in [6, 6.07) is 15.1. The molecule has 3 heterocycles. The smallest absolute Gasteiger partial charge is 0.231 e. The molecule has 2 aliphatic heterocycles. The Balaban J connectivity index is 1.20. The Morgan fingerprint density at radius 1 is 0.969 bits per heavy atom. The molecule has 0 saturated carbocycles. The zero-order valence-corrected chi connectivity index (χ0v) is 17.9. The van der Waals surface area contributed by atoms with Crippen LogP contribution in [-0.4, -0.2) is 35.8 Å². The number of benzene rings is 2. The summed E-state index contributed by atoms with van der Waals surface area (Å²) in [7, 11) is 0. The van der Waals surface area contributed by atoms with Gasteiger partial charge in [-0.05, 0) is 61.7 Å². The first-order valence-electron chi connectivity index (χ1n) is 10.8. The maximum Gasteiger partial charge on any atom is 0.231 e. The van der Waals surface area contributed by atoms with Crippen molar-refractivity contribution >= 4 is 29.0 Å². The highest BCUT2D eigenvalue weighted by Crippen LogP contribution is 2.32. The van der Waals surface area contributed by atoms with Crippen LogP contribution in [-0.2, 0) is 11.2 Å². The van der Waals surface area contributed by atoms with Gasteiger partial charge in [-0.25, -0.2) is 4.98 Å². The van der Waals surface area contributed by atoms with Crippen LogP contribution in [0.1, 0.15) is 24.1 Å². The van der Waals surface area contributed by atoms with Crippen molar-refractivity contribution in [2.45, 2.75) is 26.2 Å². The minimum atomic E-state index is -0.0914. The Labute approximate surface area is 186 Å². The summed E-state index contributed by atoms with van der Waals surface area (Å²) in [5, 5.41) is 6.27. The number of anilines is 4. The topological polar surface area (TPSA) is 88.6 Å². The standard InChI is InChI=1S/C24H25N5O3/c1-16-12-22(28-24(25-16)29-10-2-3-11-29)26-18-5-7-19(8-6-18)27-23(30)14-17-4-9-20-21(13-17)32-15-31-20/h4-9,12-13H,2-3,10-11,14-15H2,1H3,(H,27,30)(H,25,26,28). The van der Waals surface area contributed by atoms with E-state index in [4.69, 9.17) is 9.47 Å². The maximum absolute atomic E-state index is 12.4. The summed E-state index contributed by atoms with van der Waals surface area (Å²) in [4.78, 5) is 23.9. The van der Waals surface area contributed by atoms with Crippen molar-refractivity contribution < 1.29 is 14.3 Å². The number of carbonyl (C=O) groups excluding carboxylic acids is 1. The lowest BCUT2D eigenvalue weighted by Crippen LogP contribution is -2.21. The average Bonchev–Trinajstić information content (AvgIpc) is 3.46. The second-order valence-electron chi connectivity index (χ2n) is 8.00. The largest absolute Gasteiger partial charge is 0.454 e. The molecular weight excluding hydrogens is 406 g/mol. The molecule has 0 radical (unpaired) electrons. The number of aryl methyl sites for hydroxylation is 1. The molecule has 0 unspecified atom stereocenters. The lowest BCUT2D eigenvalue weighted by Gasteiger charge is -2.17. The van der Waals surface area contributed by atoms with Crippen molar-refractivity contribution in [1.29, 1.82) is 0 Å². The third kappa shape index (κ3) is 4.59. The summed E-state index contributed by atoms with van der Waals surface area (Å²) < 4.78 is 10.7. The number of hydrogen-bond donors (Lipinski definition) is 2. The van der Waals surface area contributed by atoms with Crippen LogP contribution in [0.2, 0.25) is 0 Å². The van der Waals surface area contributed by atoms with Crippen LogP contribution < -0.4 is 25.0 Å². The van der Waals surface area contributed by atoms with Gasteiger partial charge in [0.1, 0.15) is 5.82 Å². The maximum atomic E-state index is 12.4. The van der Waals surface area contributed by atoms with Crippen LogP contribution in [0.3, 0.4) is 0 Å². The van der Waals surface area contributed by atoms with Gasteiger partial charge in [0, 0.05) is 36.2 Å². The predicted molar refractivity (Wildman–Crippen MR) is 123 cm³/mol. The second-order valence-corrected chi connectivity index (χ2v) is 8.00. The van der Waals surface area contributed by atoms with Gasteiger partial charge >= 0.3 is 0 Å². The molecule has 1 aromatic heterocycles. The molecule has 0 spiro atoms. The molecule has 3 aromatic rings. The van der Waals surface area contributed by atoms with Crippen LogP contribution in [0, 0.1) is 6.92 Å². The first kappa shape index (κ1) is 20.1. The van der Waals surface area contributed by atoms with E-state index in [9.17, 15) is 4.79 Å². The lowest BCUT2D eigenvalue weighted by atomic mass is 10.1. The summed E-state index contributed by atoms with van der Waals surface area (Å²) >= 11 is 0. The molecule has 2 aliphatic rings. The van der Waals surface area contributed by atoms with Gasteiger partial charge in [0.25, 0.3) is 0 Å². The number of rotatable bonds is 6. The molecule has 2 aromatic carbocycles. The van der Waals surface area contributed by atoms with E-state index >= 15 is 0 Å². The van der Waals surface area contributed by atoms with E-state index in [1.165, 1.54) is 12.8 Å². The Bertz CT molecular complexity index is 1130. The van der Waals surface area contributed by atoms with E-state index < -0.39 is 0 Å². The van der Waals surface area contributed by atoms with Crippen LogP contribution in [0.25, 0.3) is 0 Å². The Hall–Kier alpha value is -3.81. The van der Waals surface area contributed by atoms with Crippen LogP contribution in [0.5, 0.6) is 11.5 Å². The van der Waals surface area contributed by atoms with E-state index in [-0.39, 0.29) is 19.1 Å². The fourth-order valence-corrected chi connectivity index (χ4v) is 3.90. The van der Waals surface area contributed by atoms with Gasteiger partial charge in [-0.3, -0.25) is 4.79 Å². The van der Waals surface area contributed by atoms with Crippen molar-refractivity contribution in [2.24, 2.45) is 0 Å². The van der Waals surface area contributed by atoms with Crippen LogP contribution in [0.4, 0.5) is 23.1 Å². The fraction of sp³-hybridized carbons (Fsp3) is 0.292. The molecule has 1 fully saturated rings.